The van der Waals surface area contributed by atoms with Crippen molar-refractivity contribution in [3.8, 4) is 22.9 Å². The molecule has 0 bridgehead atoms. The fraction of sp³-hybridized carbons (Fsp3) is 0.350. The Morgan fingerprint density at radius 2 is 2.14 bits per heavy atom. The van der Waals surface area contributed by atoms with E-state index in [-0.39, 0.29) is 12.8 Å². The number of likely N-dealkylation sites (N-methyl/N-ethyl adjacent to an activating group) is 1. The van der Waals surface area contributed by atoms with Crippen molar-refractivity contribution in [2.75, 3.05) is 27.5 Å². The second kappa shape index (κ2) is 6.89. The smallest absolute Gasteiger partial charge is 0.231 e. The summed E-state index contributed by atoms with van der Waals surface area (Å²) in [5, 5.41) is 13.3. The SMILES string of the molecule is COc1c2c(cc3c1C(c1nnnn1-c1cccc(Cl)c1C)N(C)CC3)OCO2. The number of ether oxygens (including phenoxy) is 3. The average molecular weight is 414 g/mol. The van der Waals surface area contributed by atoms with Gasteiger partial charge < -0.3 is 14.2 Å². The zero-order valence-corrected chi connectivity index (χ0v) is 17.1. The van der Waals surface area contributed by atoms with Crippen molar-refractivity contribution in [2.24, 2.45) is 0 Å². The van der Waals surface area contributed by atoms with Crippen molar-refractivity contribution in [3.63, 3.8) is 0 Å². The molecule has 0 N–H and O–H groups in total. The molecule has 1 unspecified atom stereocenters. The predicted octanol–water partition coefficient (Wildman–Crippen LogP) is 2.94. The molecular weight excluding hydrogens is 394 g/mol. The summed E-state index contributed by atoms with van der Waals surface area (Å²) in [5.41, 5.74) is 3.91. The Morgan fingerprint density at radius 1 is 1.28 bits per heavy atom. The minimum Gasteiger partial charge on any atom is -0.492 e. The van der Waals surface area contributed by atoms with Crippen LogP contribution in [0.1, 0.15) is 28.6 Å². The Balaban J connectivity index is 1.72. The van der Waals surface area contributed by atoms with E-state index < -0.39 is 0 Å². The van der Waals surface area contributed by atoms with Crippen LogP contribution in [0, 0.1) is 6.92 Å². The van der Waals surface area contributed by atoms with E-state index in [0.717, 1.165) is 35.3 Å². The molecular formula is C20H20ClN5O3. The molecule has 0 spiro atoms. The van der Waals surface area contributed by atoms with E-state index in [4.69, 9.17) is 25.8 Å². The first kappa shape index (κ1) is 18.2. The topological polar surface area (TPSA) is 74.5 Å². The summed E-state index contributed by atoms with van der Waals surface area (Å²) in [7, 11) is 3.70. The van der Waals surface area contributed by atoms with Gasteiger partial charge in [0.1, 0.15) is 6.04 Å². The van der Waals surface area contributed by atoms with Crippen molar-refractivity contribution < 1.29 is 14.2 Å². The maximum Gasteiger partial charge on any atom is 0.231 e. The van der Waals surface area contributed by atoms with E-state index in [9.17, 15) is 0 Å². The lowest BCUT2D eigenvalue weighted by atomic mass is 9.90. The van der Waals surface area contributed by atoms with Gasteiger partial charge in [0.15, 0.2) is 17.3 Å². The summed E-state index contributed by atoms with van der Waals surface area (Å²) in [4.78, 5) is 2.22. The highest BCUT2D eigenvalue weighted by molar-refractivity contribution is 6.31. The van der Waals surface area contributed by atoms with Gasteiger partial charge in [0.2, 0.25) is 12.5 Å². The lowest BCUT2D eigenvalue weighted by Gasteiger charge is -2.34. The number of tetrazole rings is 1. The lowest BCUT2D eigenvalue weighted by molar-refractivity contribution is 0.170. The Morgan fingerprint density at radius 3 is 2.97 bits per heavy atom. The number of fused-ring (bicyclic) bond motifs is 2. The molecule has 3 aromatic rings. The van der Waals surface area contributed by atoms with Crippen LogP contribution < -0.4 is 14.2 Å². The van der Waals surface area contributed by atoms with E-state index in [1.165, 1.54) is 0 Å². The van der Waals surface area contributed by atoms with E-state index in [1.807, 2.05) is 31.2 Å². The van der Waals surface area contributed by atoms with Gasteiger partial charge in [0, 0.05) is 17.1 Å². The highest BCUT2D eigenvalue weighted by atomic mass is 35.5. The van der Waals surface area contributed by atoms with Gasteiger partial charge in [-0.15, -0.1) is 5.10 Å². The van der Waals surface area contributed by atoms with E-state index >= 15 is 0 Å². The summed E-state index contributed by atoms with van der Waals surface area (Å²) in [6, 6.07) is 7.54. The van der Waals surface area contributed by atoms with Crippen LogP contribution in [-0.2, 0) is 6.42 Å². The molecule has 2 aromatic carbocycles. The van der Waals surface area contributed by atoms with Crippen LogP contribution >= 0.6 is 11.6 Å². The first-order valence-electron chi connectivity index (χ1n) is 9.33. The number of benzene rings is 2. The third kappa shape index (κ3) is 2.74. The summed E-state index contributed by atoms with van der Waals surface area (Å²) in [5.74, 6) is 2.71. The second-order valence-electron chi connectivity index (χ2n) is 7.18. The van der Waals surface area contributed by atoms with Gasteiger partial charge in [0.25, 0.3) is 0 Å². The first-order valence-corrected chi connectivity index (χ1v) is 9.71. The lowest BCUT2D eigenvalue weighted by Crippen LogP contribution is -2.35. The third-order valence-corrected chi connectivity index (χ3v) is 6.01. The van der Waals surface area contributed by atoms with Gasteiger partial charge in [-0.3, -0.25) is 4.90 Å². The van der Waals surface area contributed by atoms with Gasteiger partial charge in [-0.1, -0.05) is 17.7 Å². The molecule has 1 aromatic heterocycles. The van der Waals surface area contributed by atoms with Gasteiger partial charge in [0.05, 0.1) is 12.8 Å². The molecule has 0 radical (unpaired) electrons. The number of methoxy groups -OCH3 is 1. The van der Waals surface area contributed by atoms with Crippen molar-refractivity contribution >= 4 is 11.6 Å². The Kier molecular flexibility index (Phi) is 4.33. The van der Waals surface area contributed by atoms with Crippen molar-refractivity contribution in [2.45, 2.75) is 19.4 Å². The molecule has 2 aliphatic heterocycles. The summed E-state index contributed by atoms with van der Waals surface area (Å²) < 4.78 is 18.8. The number of hydrogen-bond acceptors (Lipinski definition) is 7. The van der Waals surface area contributed by atoms with Crippen LogP contribution in [0.2, 0.25) is 5.02 Å². The van der Waals surface area contributed by atoms with Gasteiger partial charge in [-0.25, -0.2) is 0 Å². The van der Waals surface area contributed by atoms with Gasteiger partial charge in [-0.05, 0) is 60.1 Å². The molecule has 0 saturated carbocycles. The molecule has 29 heavy (non-hydrogen) atoms. The van der Waals surface area contributed by atoms with E-state index in [0.29, 0.717) is 28.1 Å². The summed E-state index contributed by atoms with van der Waals surface area (Å²) in [6.45, 7) is 3.00. The van der Waals surface area contributed by atoms with Crippen LogP contribution in [0.25, 0.3) is 5.69 Å². The quantitative estimate of drug-likeness (QED) is 0.653. The fourth-order valence-electron chi connectivity index (χ4n) is 4.12. The monoisotopic (exact) mass is 413 g/mol. The molecule has 150 valence electrons. The predicted molar refractivity (Wildman–Crippen MR) is 106 cm³/mol. The standard InChI is InChI=1S/C20H20ClN5O3/c1-11-13(21)5-4-6-14(11)26-20(22-23-24-26)17-16-12(7-8-25(17)2)9-15-18(19(16)27-3)29-10-28-15/h4-6,9,17H,7-8,10H2,1-3H3. The summed E-state index contributed by atoms with van der Waals surface area (Å²) >= 11 is 6.35. The highest BCUT2D eigenvalue weighted by Gasteiger charge is 2.37. The molecule has 5 rings (SSSR count). The van der Waals surface area contributed by atoms with Crippen LogP contribution in [0.15, 0.2) is 24.3 Å². The van der Waals surface area contributed by atoms with Gasteiger partial charge in [-0.2, -0.15) is 4.68 Å². The van der Waals surface area contributed by atoms with E-state index in [2.05, 4.69) is 27.5 Å². The van der Waals surface area contributed by atoms with Crippen LogP contribution in [0.5, 0.6) is 17.2 Å². The zero-order chi connectivity index (χ0) is 20.1. The minimum absolute atomic E-state index is 0.189. The third-order valence-electron chi connectivity index (χ3n) is 5.60. The number of halogens is 1. The van der Waals surface area contributed by atoms with Crippen molar-refractivity contribution in [3.05, 3.63) is 51.8 Å². The highest BCUT2D eigenvalue weighted by Crippen LogP contribution is 2.50. The van der Waals surface area contributed by atoms with E-state index in [1.54, 1.807) is 11.8 Å². The Labute approximate surface area is 172 Å². The molecule has 0 amide bonds. The van der Waals surface area contributed by atoms with Crippen LogP contribution in [0.3, 0.4) is 0 Å². The Hall–Kier alpha value is -2.84. The molecule has 0 aliphatic carbocycles. The zero-order valence-electron chi connectivity index (χ0n) is 16.3. The molecule has 0 saturated heterocycles. The van der Waals surface area contributed by atoms with Crippen molar-refractivity contribution in [1.29, 1.82) is 0 Å². The maximum absolute atomic E-state index is 6.35. The van der Waals surface area contributed by atoms with Crippen LogP contribution in [0.4, 0.5) is 0 Å². The maximum atomic E-state index is 6.35. The van der Waals surface area contributed by atoms with Gasteiger partial charge >= 0.3 is 0 Å². The number of rotatable bonds is 3. The average Bonchev–Trinajstić information content (AvgIpc) is 3.38. The number of aromatic nitrogens is 4. The fourth-order valence-corrected chi connectivity index (χ4v) is 4.29. The second-order valence-corrected chi connectivity index (χ2v) is 7.59. The molecule has 9 heteroatoms. The van der Waals surface area contributed by atoms with Crippen molar-refractivity contribution in [1.82, 2.24) is 25.1 Å². The summed E-state index contributed by atoms with van der Waals surface area (Å²) in [6.07, 6.45) is 0.868. The normalized spacial score (nSPS) is 18.0. The number of nitrogens with zero attached hydrogens (tertiary/aromatic N) is 5. The molecule has 0 fully saturated rings. The Bertz CT molecular complexity index is 1100. The molecule has 8 nitrogen and oxygen atoms in total. The molecule has 3 heterocycles. The molecule has 1 atom stereocenters. The van der Waals surface area contributed by atoms with Crippen LogP contribution in [-0.4, -0.2) is 52.6 Å². The minimum atomic E-state index is -0.211. The molecule has 2 aliphatic rings. The largest absolute Gasteiger partial charge is 0.492 e. The first-order chi connectivity index (χ1) is 14.1. The number of hydrogen-bond donors (Lipinski definition) is 0.